The minimum Gasteiger partial charge on any atom is -0.302 e. The van der Waals surface area contributed by atoms with Crippen molar-refractivity contribution in [2.45, 2.75) is 13.0 Å². The molecule has 2 heterocycles. The van der Waals surface area contributed by atoms with E-state index in [0.717, 1.165) is 13.1 Å². The molecule has 0 aliphatic carbocycles. The Labute approximate surface area is 81.4 Å². The molecule has 0 N–H and O–H groups in total. The number of likely N-dealkylation sites (N-methyl/N-ethyl adjacent to an activating group) is 1. The van der Waals surface area contributed by atoms with Gasteiger partial charge < -0.3 is 4.90 Å². The molecule has 1 aromatic rings. The second-order valence-corrected chi connectivity index (χ2v) is 3.51. The number of hydrogen-bond acceptors (Lipinski definition) is 4. The van der Waals surface area contributed by atoms with Gasteiger partial charge in [-0.1, -0.05) is 6.08 Å². The van der Waals surface area contributed by atoms with Crippen LogP contribution in [0.2, 0.25) is 0 Å². The summed E-state index contributed by atoms with van der Waals surface area (Å²) in [5, 5.41) is 7.58. The maximum Gasteiger partial charge on any atom is 0.368 e. The van der Waals surface area contributed by atoms with Crippen LogP contribution < -0.4 is 5.69 Å². The summed E-state index contributed by atoms with van der Waals surface area (Å²) in [6.45, 7) is 3.57. The van der Waals surface area contributed by atoms with Crippen LogP contribution in [-0.2, 0) is 0 Å². The molecule has 0 amide bonds. The lowest BCUT2D eigenvalue weighted by molar-refractivity contribution is 0.126. The molecule has 1 fully saturated rings. The molecule has 0 radical (unpaired) electrons. The van der Waals surface area contributed by atoms with Crippen LogP contribution in [0.5, 0.6) is 0 Å². The highest BCUT2D eigenvalue weighted by molar-refractivity contribution is 5.16. The first-order chi connectivity index (χ1) is 6.72. The van der Waals surface area contributed by atoms with Crippen molar-refractivity contribution in [2.75, 3.05) is 20.1 Å². The SMILES string of the molecule is C/C=C/n1nnn(C2CN(C)C2)c1=O. The predicted octanol–water partition coefficient (Wildman–Crippen LogP) is -0.583. The summed E-state index contributed by atoms with van der Waals surface area (Å²) in [7, 11) is 2.01. The van der Waals surface area contributed by atoms with Gasteiger partial charge in [-0.15, -0.1) is 0 Å². The minimum atomic E-state index is -0.166. The molecule has 0 unspecified atom stereocenters. The topological polar surface area (TPSA) is 56.0 Å². The second kappa shape index (κ2) is 3.38. The summed E-state index contributed by atoms with van der Waals surface area (Å²) >= 11 is 0. The maximum atomic E-state index is 11.6. The van der Waals surface area contributed by atoms with Gasteiger partial charge in [0.25, 0.3) is 0 Å². The lowest BCUT2D eigenvalue weighted by Crippen LogP contribution is -2.48. The Morgan fingerprint density at radius 3 is 2.71 bits per heavy atom. The Morgan fingerprint density at radius 1 is 1.43 bits per heavy atom. The summed E-state index contributed by atoms with van der Waals surface area (Å²) in [5.41, 5.74) is -0.166. The normalized spacial score (nSPS) is 19.0. The van der Waals surface area contributed by atoms with E-state index in [9.17, 15) is 4.79 Å². The van der Waals surface area contributed by atoms with Crippen LogP contribution in [0.1, 0.15) is 13.0 Å². The van der Waals surface area contributed by atoms with Crippen LogP contribution in [0.25, 0.3) is 6.20 Å². The Balaban J connectivity index is 2.24. The molecule has 1 aromatic heterocycles. The molecule has 6 heteroatoms. The second-order valence-electron chi connectivity index (χ2n) is 3.51. The average molecular weight is 195 g/mol. The molecule has 0 spiro atoms. The lowest BCUT2D eigenvalue weighted by atomic mass is 10.1. The van der Waals surface area contributed by atoms with Crippen molar-refractivity contribution < 1.29 is 0 Å². The van der Waals surface area contributed by atoms with Gasteiger partial charge in [0.15, 0.2) is 0 Å². The fraction of sp³-hybridized carbons (Fsp3) is 0.625. The van der Waals surface area contributed by atoms with Crippen molar-refractivity contribution >= 4 is 6.20 Å². The van der Waals surface area contributed by atoms with Crippen LogP contribution in [0.4, 0.5) is 0 Å². The van der Waals surface area contributed by atoms with E-state index in [1.54, 1.807) is 12.3 Å². The molecule has 2 rings (SSSR count). The Morgan fingerprint density at radius 2 is 2.14 bits per heavy atom. The molecular weight excluding hydrogens is 182 g/mol. The number of likely N-dealkylation sites (tertiary alicyclic amines) is 1. The highest BCUT2D eigenvalue weighted by atomic mass is 16.2. The molecule has 76 valence electrons. The Hall–Kier alpha value is -1.43. The van der Waals surface area contributed by atoms with Crippen molar-refractivity contribution in [2.24, 2.45) is 0 Å². The average Bonchev–Trinajstić information content (AvgIpc) is 2.44. The summed E-state index contributed by atoms with van der Waals surface area (Å²) < 4.78 is 2.69. The molecule has 1 aliphatic rings. The Kier molecular flexibility index (Phi) is 2.20. The van der Waals surface area contributed by atoms with Gasteiger partial charge in [0.2, 0.25) is 0 Å². The van der Waals surface area contributed by atoms with Gasteiger partial charge >= 0.3 is 5.69 Å². The fourth-order valence-electron chi connectivity index (χ4n) is 1.55. The number of hydrogen-bond donors (Lipinski definition) is 0. The van der Waals surface area contributed by atoms with Gasteiger partial charge in [0.05, 0.1) is 6.04 Å². The van der Waals surface area contributed by atoms with E-state index in [1.165, 1.54) is 9.36 Å². The predicted molar refractivity (Wildman–Crippen MR) is 51.8 cm³/mol. The molecule has 0 saturated carbocycles. The van der Waals surface area contributed by atoms with Gasteiger partial charge in [-0.25, -0.2) is 4.79 Å². The van der Waals surface area contributed by atoms with Gasteiger partial charge in [-0.2, -0.15) is 9.36 Å². The zero-order chi connectivity index (χ0) is 10.1. The van der Waals surface area contributed by atoms with Crippen molar-refractivity contribution in [1.29, 1.82) is 0 Å². The largest absolute Gasteiger partial charge is 0.368 e. The molecule has 0 aromatic carbocycles. The highest BCUT2D eigenvalue weighted by Crippen LogP contribution is 2.14. The van der Waals surface area contributed by atoms with Crippen LogP contribution in [0, 0.1) is 0 Å². The molecule has 14 heavy (non-hydrogen) atoms. The zero-order valence-electron chi connectivity index (χ0n) is 8.29. The third kappa shape index (κ3) is 1.37. The van der Waals surface area contributed by atoms with E-state index < -0.39 is 0 Å². The van der Waals surface area contributed by atoms with Crippen LogP contribution >= 0.6 is 0 Å². The first-order valence-electron chi connectivity index (χ1n) is 4.57. The van der Waals surface area contributed by atoms with Crippen LogP contribution in [0.3, 0.4) is 0 Å². The quantitative estimate of drug-likeness (QED) is 0.633. The van der Waals surface area contributed by atoms with Gasteiger partial charge in [-0.05, 0) is 24.4 Å². The summed E-state index contributed by atoms with van der Waals surface area (Å²) in [6, 6.07) is 0.187. The minimum absolute atomic E-state index is 0.166. The number of rotatable bonds is 2. The molecule has 0 bridgehead atoms. The number of aromatic nitrogens is 4. The monoisotopic (exact) mass is 195 g/mol. The number of tetrazole rings is 1. The number of allylic oxidation sites excluding steroid dienone is 1. The summed E-state index contributed by atoms with van der Waals surface area (Å²) in [5.74, 6) is 0. The standard InChI is InChI=1S/C8H13N5O/c1-3-4-12-8(14)13(10-9-12)7-5-11(2)6-7/h3-4,7H,5-6H2,1-2H3/b4-3+. The van der Waals surface area contributed by atoms with Crippen LogP contribution in [-0.4, -0.2) is 44.8 Å². The maximum absolute atomic E-state index is 11.6. The van der Waals surface area contributed by atoms with Gasteiger partial charge in [-0.3, -0.25) is 0 Å². The Bertz CT molecular complexity index is 398. The zero-order valence-corrected chi connectivity index (χ0v) is 8.29. The molecular formula is C8H13N5O. The third-order valence-corrected chi connectivity index (χ3v) is 2.31. The first-order valence-corrected chi connectivity index (χ1v) is 4.57. The van der Waals surface area contributed by atoms with Crippen molar-refractivity contribution in [3.8, 4) is 0 Å². The molecule has 1 aliphatic heterocycles. The van der Waals surface area contributed by atoms with Gasteiger partial charge in [0, 0.05) is 19.3 Å². The third-order valence-electron chi connectivity index (χ3n) is 2.31. The number of nitrogens with zero attached hydrogens (tertiary/aromatic N) is 5. The van der Waals surface area contributed by atoms with Crippen molar-refractivity contribution in [3.63, 3.8) is 0 Å². The smallest absolute Gasteiger partial charge is 0.302 e. The van der Waals surface area contributed by atoms with E-state index in [2.05, 4.69) is 15.3 Å². The van der Waals surface area contributed by atoms with E-state index in [1.807, 2.05) is 14.0 Å². The molecule has 6 nitrogen and oxygen atoms in total. The van der Waals surface area contributed by atoms with Crippen LogP contribution in [0.15, 0.2) is 10.9 Å². The van der Waals surface area contributed by atoms with Crippen molar-refractivity contribution in [3.05, 3.63) is 16.6 Å². The van der Waals surface area contributed by atoms with E-state index in [0.29, 0.717) is 0 Å². The first kappa shape index (κ1) is 9.14. The van der Waals surface area contributed by atoms with Gasteiger partial charge in [0.1, 0.15) is 0 Å². The molecule has 1 saturated heterocycles. The molecule has 0 atom stereocenters. The van der Waals surface area contributed by atoms with E-state index in [-0.39, 0.29) is 11.7 Å². The van der Waals surface area contributed by atoms with E-state index in [4.69, 9.17) is 0 Å². The summed E-state index contributed by atoms with van der Waals surface area (Å²) in [6.07, 6.45) is 3.36. The lowest BCUT2D eigenvalue weighted by Gasteiger charge is -2.34. The fourth-order valence-corrected chi connectivity index (χ4v) is 1.55. The van der Waals surface area contributed by atoms with Crippen molar-refractivity contribution in [1.82, 2.24) is 24.7 Å². The highest BCUT2D eigenvalue weighted by Gasteiger charge is 2.27. The van der Waals surface area contributed by atoms with E-state index >= 15 is 0 Å². The summed E-state index contributed by atoms with van der Waals surface area (Å²) in [4.78, 5) is 13.8.